The molecule has 4 nitrogen and oxygen atoms in total. The molecule has 0 bridgehead atoms. The van der Waals surface area contributed by atoms with Gasteiger partial charge in [0.1, 0.15) is 11.6 Å². The average Bonchev–Trinajstić information content (AvgIpc) is 3.29. The van der Waals surface area contributed by atoms with Gasteiger partial charge in [-0.1, -0.05) is 35.6 Å². The number of carbonyl (C=O) groups is 1. The number of amides is 1. The third kappa shape index (κ3) is 2.99. The average molecular weight is 366 g/mol. The van der Waals surface area contributed by atoms with Crippen LogP contribution in [-0.2, 0) is 6.54 Å². The largest absolute Gasteiger partial charge is 0.467 e. The number of halogens is 1. The fourth-order valence-electron chi connectivity index (χ4n) is 2.75. The Bertz CT molecular complexity index is 1070. The molecule has 0 spiro atoms. The van der Waals surface area contributed by atoms with Crippen molar-refractivity contribution < 1.29 is 13.6 Å². The Morgan fingerprint density at radius 1 is 1.15 bits per heavy atom. The van der Waals surface area contributed by atoms with Crippen LogP contribution in [0, 0.1) is 12.7 Å². The Kier molecular flexibility index (Phi) is 4.26. The molecule has 2 aromatic heterocycles. The van der Waals surface area contributed by atoms with Gasteiger partial charge in [0.25, 0.3) is 5.91 Å². The molecule has 6 heteroatoms. The molecular formula is C20H15FN2O2S. The summed E-state index contributed by atoms with van der Waals surface area (Å²) in [5.41, 5.74) is 1.88. The van der Waals surface area contributed by atoms with Gasteiger partial charge >= 0.3 is 0 Å². The number of hydrogen-bond acceptors (Lipinski definition) is 4. The monoisotopic (exact) mass is 366 g/mol. The van der Waals surface area contributed by atoms with Crippen LogP contribution in [0.25, 0.3) is 10.2 Å². The normalized spacial score (nSPS) is 11.0. The highest BCUT2D eigenvalue weighted by Gasteiger charge is 2.25. The number of aryl methyl sites for hydroxylation is 1. The minimum absolute atomic E-state index is 0.00929. The summed E-state index contributed by atoms with van der Waals surface area (Å²) in [6.45, 7) is 2.15. The molecule has 0 unspecified atom stereocenters. The van der Waals surface area contributed by atoms with Crippen molar-refractivity contribution in [2.75, 3.05) is 4.90 Å². The number of nitrogens with zero attached hydrogens (tertiary/aromatic N) is 2. The Labute approximate surface area is 153 Å². The molecule has 0 aliphatic carbocycles. The molecule has 0 aliphatic rings. The van der Waals surface area contributed by atoms with E-state index in [1.54, 1.807) is 30.5 Å². The molecule has 2 aromatic carbocycles. The number of benzene rings is 2. The predicted octanol–water partition coefficient (Wildman–Crippen LogP) is 5.18. The highest BCUT2D eigenvalue weighted by Crippen LogP contribution is 2.32. The smallest absolute Gasteiger partial charge is 0.263 e. The number of rotatable bonds is 4. The summed E-state index contributed by atoms with van der Waals surface area (Å²) in [6, 6.07) is 15.4. The summed E-state index contributed by atoms with van der Waals surface area (Å²) < 4.78 is 20.5. The summed E-state index contributed by atoms with van der Waals surface area (Å²) in [6.07, 6.45) is 1.55. The first-order valence-electron chi connectivity index (χ1n) is 8.08. The molecule has 0 radical (unpaired) electrons. The molecule has 0 saturated carbocycles. The maximum absolute atomic E-state index is 14.2. The van der Waals surface area contributed by atoms with E-state index >= 15 is 0 Å². The van der Waals surface area contributed by atoms with E-state index in [0.29, 0.717) is 10.9 Å². The van der Waals surface area contributed by atoms with Crippen molar-refractivity contribution in [2.45, 2.75) is 13.5 Å². The summed E-state index contributed by atoms with van der Waals surface area (Å²) in [4.78, 5) is 19.2. The first kappa shape index (κ1) is 16.5. The summed E-state index contributed by atoms with van der Waals surface area (Å²) >= 11 is 1.40. The Balaban J connectivity index is 1.80. The van der Waals surface area contributed by atoms with E-state index in [1.165, 1.54) is 28.4 Å². The van der Waals surface area contributed by atoms with E-state index in [9.17, 15) is 9.18 Å². The topological polar surface area (TPSA) is 46.3 Å². The van der Waals surface area contributed by atoms with Crippen LogP contribution < -0.4 is 4.90 Å². The van der Waals surface area contributed by atoms with Crippen LogP contribution in [0.1, 0.15) is 21.7 Å². The molecule has 0 saturated heterocycles. The number of fused-ring (bicyclic) bond motifs is 1. The van der Waals surface area contributed by atoms with E-state index in [-0.39, 0.29) is 12.1 Å². The first-order valence-corrected chi connectivity index (χ1v) is 8.90. The van der Waals surface area contributed by atoms with Crippen molar-refractivity contribution in [1.29, 1.82) is 0 Å². The van der Waals surface area contributed by atoms with Gasteiger partial charge in [-0.25, -0.2) is 9.37 Å². The van der Waals surface area contributed by atoms with Crippen LogP contribution in [0.5, 0.6) is 0 Å². The van der Waals surface area contributed by atoms with Crippen molar-refractivity contribution in [3.63, 3.8) is 0 Å². The lowest BCUT2D eigenvalue weighted by atomic mass is 10.2. The second-order valence-electron chi connectivity index (χ2n) is 5.87. The number of furan rings is 1. The molecule has 1 amide bonds. The van der Waals surface area contributed by atoms with Gasteiger partial charge in [-0.3, -0.25) is 9.69 Å². The number of hydrogen-bond donors (Lipinski definition) is 0. The van der Waals surface area contributed by atoms with Crippen molar-refractivity contribution in [3.05, 3.63) is 83.6 Å². The van der Waals surface area contributed by atoms with Gasteiger partial charge in [0.05, 0.1) is 28.6 Å². The standard InChI is InChI=1S/C20H15FN2O2S/c1-13-6-4-10-17-18(13)22-20(26-17)23(12-14-7-5-11-25-14)19(24)15-8-2-3-9-16(15)21/h2-11H,12H2,1H3. The molecular weight excluding hydrogens is 351 g/mol. The zero-order valence-corrected chi connectivity index (χ0v) is 14.8. The van der Waals surface area contributed by atoms with Crippen LogP contribution >= 0.6 is 11.3 Å². The quantitative estimate of drug-likeness (QED) is 0.500. The van der Waals surface area contributed by atoms with Gasteiger partial charge < -0.3 is 4.42 Å². The zero-order valence-electron chi connectivity index (χ0n) is 14.0. The van der Waals surface area contributed by atoms with Crippen LogP contribution in [0.3, 0.4) is 0 Å². The van der Waals surface area contributed by atoms with Crippen molar-refractivity contribution in [1.82, 2.24) is 4.98 Å². The van der Waals surface area contributed by atoms with Crippen molar-refractivity contribution in [3.8, 4) is 0 Å². The molecule has 0 fully saturated rings. The van der Waals surface area contributed by atoms with Crippen molar-refractivity contribution in [2.24, 2.45) is 0 Å². The second kappa shape index (κ2) is 6.72. The molecule has 0 atom stereocenters. The number of para-hydroxylation sites is 1. The van der Waals surface area contributed by atoms with E-state index in [1.807, 2.05) is 25.1 Å². The molecule has 0 N–H and O–H groups in total. The molecule has 2 heterocycles. The lowest BCUT2D eigenvalue weighted by Gasteiger charge is -2.19. The van der Waals surface area contributed by atoms with Crippen LogP contribution in [-0.4, -0.2) is 10.9 Å². The predicted molar refractivity (Wildman–Crippen MR) is 100.0 cm³/mol. The minimum atomic E-state index is -0.556. The van der Waals surface area contributed by atoms with Gasteiger partial charge in [0.15, 0.2) is 5.13 Å². The van der Waals surface area contributed by atoms with Gasteiger partial charge in [0, 0.05) is 0 Å². The summed E-state index contributed by atoms with van der Waals surface area (Å²) in [5, 5.41) is 0.513. The lowest BCUT2D eigenvalue weighted by Crippen LogP contribution is -2.30. The van der Waals surface area contributed by atoms with Gasteiger partial charge in [0.2, 0.25) is 0 Å². The lowest BCUT2D eigenvalue weighted by molar-refractivity contribution is 0.0979. The molecule has 0 aliphatic heterocycles. The fourth-order valence-corrected chi connectivity index (χ4v) is 3.80. The van der Waals surface area contributed by atoms with Crippen molar-refractivity contribution >= 4 is 32.6 Å². The Hall–Kier alpha value is -2.99. The Morgan fingerprint density at radius 3 is 2.73 bits per heavy atom. The molecule has 4 rings (SSSR count). The van der Waals surface area contributed by atoms with Crippen LogP contribution in [0.15, 0.2) is 65.3 Å². The van der Waals surface area contributed by atoms with E-state index in [4.69, 9.17) is 4.42 Å². The summed E-state index contributed by atoms with van der Waals surface area (Å²) in [7, 11) is 0. The fraction of sp³-hybridized carbons (Fsp3) is 0.100. The number of carbonyl (C=O) groups excluding carboxylic acids is 1. The zero-order chi connectivity index (χ0) is 18.1. The molecule has 4 aromatic rings. The first-order chi connectivity index (χ1) is 12.6. The number of anilines is 1. The number of aromatic nitrogens is 1. The van der Waals surface area contributed by atoms with E-state index in [2.05, 4.69) is 4.98 Å². The van der Waals surface area contributed by atoms with Gasteiger partial charge in [-0.2, -0.15) is 0 Å². The molecule has 26 heavy (non-hydrogen) atoms. The van der Waals surface area contributed by atoms with E-state index < -0.39 is 11.7 Å². The minimum Gasteiger partial charge on any atom is -0.467 e. The third-order valence-electron chi connectivity index (χ3n) is 4.08. The summed E-state index contributed by atoms with van der Waals surface area (Å²) in [5.74, 6) is -0.402. The Morgan fingerprint density at radius 2 is 2.00 bits per heavy atom. The van der Waals surface area contributed by atoms with Crippen LogP contribution in [0.2, 0.25) is 0 Å². The van der Waals surface area contributed by atoms with Gasteiger partial charge in [-0.05, 0) is 42.8 Å². The maximum Gasteiger partial charge on any atom is 0.263 e. The highest BCUT2D eigenvalue weighted by molar-refractivity contribution is 7.22. The third-order valence-corrected chi connectivity index (χ3v) is 5.13. The highest BCUT2D eigenvalue weighted by atomic mass is 32.1. The van der Waals surface area contributed by atoms with E-state index in [0.717, 1.165) is 15.8 Å². The SMILES string of the molecule is Cc1cccc2sc(N(Cc3ccco3)C(=O)c3ccccc3F)nc12. The maximum atomic E-state index is 14.2. The molecule has 130 valence electrons. The van der Waals surface area contributed by atoms with Crippen LogP contribution in [0.4, 0.5) is 9.52 Å². The second-order valence-corrected chi connectivity index (χ2v) is 6.88. The van der Waals surface area contributed by atoms with Gasteiger partial charge in [-0.15, -0.1) is 0 Å². The number of thiazole rings is 1.